The number of rotatable bonds is 5. The molecule has 150 valence electrons. The molecule has 0 unspecified atom stereocenters. The fraction of sp³-hybridized carbons (Fsp3) is 0.136. The lowest BCUT2D eigenvalue weighted by Gasteiger charge is -2.23. The van der Waals surface area contributed by atoms with Crippen LogP contribution in [0.4, 0.5) is 5.69 Å². The molecule has 0 spiro atoms. The van der Waals surface area contributed by atoms with Crippen LogP contribution >= 0.6 is 11.6 Å². The zero-order valence-corrected chi connectivity index (χ0v) is 17.8. The third-order valence-corrected chi connectivity index (χ3v) is 6.43. The molecule has 5 nitrogen and oxygen atoms in total. The van der Waals surface area contributed by atoms with Crippen LogP contribution in [0.3, 0.4) is 0 Å². The number of hydrogen-bond donors (Lipinski definition) is 0. The Morgan fingerprint density at radius 2 is 1.45 bits per heavy atom. The molecule has 0 saturated heterocycles. The van der Waals surface area contributed by atoms with Gasteiger partial charge in [-0.15, -0.1) is 0 Å². The smallest absolute Gasteiger partial charge is 0.272 e. The van der Waals surface area contributed by atoms with Crippen molar-refractivity contribution in [2.45, 2.75) is 18.7 Å². The van der Waals surface area contributed by atoms with Gasteiger partial charge in [-0.2, -0.15) is 4.31 Å². The quantitative estimate of drug-likeness (QED) is 0.572. The summed E-state index contributed by atoms with van der Waals surface area (Å²) < 4.78 is 32.8. The summed E-state index contributed by atoms with van der Waals surface area (Å²) in [7, 11) is -2.72. The molecule has 0 aromatic heterocycles. The Balaban J connectivity index is 2.18. The van der Waals surface area contributed by atoms with Gasteiger partial charge in [-0.05, 0) is 56.3 Å². The Hall–Kier alpha value is -2.83. The maximum Gasteiger partial charge on any atom is 0.272 e. The van der Waals surface area contributed by atoms with E-state index < -0.39 is 15.9 Å². The SMILES string of the molecule is COc1ccc(N(C(=O)c2ccc(C)cc2)S(=O)(=O)c2ccc(C)cc2)cc1Cl. The second-order valence-electron chi connectivity index (χ2n) is 6.57. The summed E-state index contributed by atoms with van der Waals surface area (Å²) in [4.78, 5) is 13.3. The Bertz CT molecular complexity index is 1140. The maximum atomic E-state index is 13.4. The van der Waals surface area contributed by atoms with Crippen molar-refractivity contribution in [3.63, 3.8) is 0 Å². The van der Waals surface area contributed by atoms with Crippen molar-refractivity contribution in [3.8, 4) is 5.75 Å². The molecule has 0 aliphatic carbocycles. The molecule has 0 atom stereocenters. The van der Waals surface area contributed by atoms with Crippen LogP contribution in [0.25, 0.3) is 0 Å². The molecule has 0 aliphatic heterocycles. The van der Waals surface area contributed by atoms with Gasteiger partial charge in [-0.25, -0.2) is 8.42 Å². The number of methoxy groups -OCH3 is 1. The highest BCUT2D eigenvalue weighted by Crippen LogP contribution is 2.33. The molecule has 0 fully saturated rings. The highest BCUT2D eigenvalue weighted by Gasteiger charge is 2.32. The fourth-order valence-electron chi connectivity index (χ4n) is 2.78. The summed E-state index contributed by atoms with van der Waals surface area (Å²) in [6.45, 7) is 3.74. The molecule has 0 saturated carbocycles. The van der Waals surface area contributed by atoms with Gasteiger partial charge in [0.1, 0.15) is 5.75 Å². The lowest BCUT2D eigenvalue weighted by molar-refractivity contribution is 0.101. The Kier molecular flexibility index (Phi) is 5.96. The normalized spacial score (nSPS) is 11.2. The first-order chi connectivity index (χ1) is 13.7. The van der Waals surface area contributed by atoms with Gasteiger partial charge in [0.25, 0.3) is 15.9 Å². The van der Waals surface area contributed by atoms with Crippen molar-refractivity contribution in [2.75, 3.05) is 11.4 Å². The minimum atomic E-state index is -4.18. The first-order valence-corrected chi connectivity index (χ1v) is 10.6. The summed E-state index contributed by atoms with van der Waals surface area (Å²) >= 11 is 6.20. The summed E-state index contributed by atoms with van der Waals surface area (Å²) in [6.07, 6.45) is 0. The van der Waals surface area contributed by atoms with E-state index >= 15 is 0 Å². The molecular weight excluding hydrogens is 410 g/mol. The van der Waals surface area contributed by atoms with Crippen molar-refractivity contribution in [3.05, 3.63) is 88.4 Å². The van der Waals surface area contributed by atoms with Gasteiger partial charge >= 0.3 is 0 Å². The van der Waals surface area contributed by atoms with E-state index in [1.165, 1.54) is 37.4 Å². The third-order valence-electron chi connectivity index (χ3n) is 4.41. The van der Waals surface area contributed by atoms with Crippen LogP contribution in [0.15, 0.2) is 71.6 Å². The predicted molar refractivity (Wildman–Crippen MR) is 114 cm³/mol. The van der Waals surface area contributed by atoms with E-state index in [0.717, 1.165) is 15.4 Å². The van der Waals surface area contributed by atoms with Crippen molar-refractivity contribution < 1.29 is 17.9 Å². The molecule has 0 aliphatic rings. The minimum absolute atomic E-state index is 0.00972. The fourth-order valence-corrected chi connectivity index (χ4v) is 4.43. The first-order valence-electron chi connectivity index (χ1n) is 8.80. The number of carbonyl (C=O) groups excluding carboxylic acids is 1. The number of ether oxygens (including phenoxy) is 1. The summed E-state index contributed by atoms with van der Waals surface area (Å²) in [5, 5.41) is 0.200. The van der Waals surface area contributed by atoms with Crippen LogP contribution in [0.5, 0.6) is 5.75 Å². The minimum Gasteiger partial charge on any atom is -0.495 e. The zero-order chi connectivity index (χ0) is 21.2. The second kappa shape index (κ2) is 8.27. The van der Waals surface area contributed by atoms with Gasteiger partial charge in [-0.1, -0.05) is 47.0 Å². The van der Waals surface area contributed by atoms with Crippen molar-refractivity contribution in [1.29, 1.82) is 0 Å². The lowest BCUT2D eigenvalue weighted by Crippen LogP contribution is -2.37. The van der Waals surface area contributed by atoms with Gasteiger partial charge in [0, 0.05) is 5.56 Å². The van der Waals surface area contributed by atoms with E-state index in [4.69, 9.17) is 16.3 Å². The van der Waals surface area contributed by atoms with Gasteiger partial charge in [-0.3, -0.25) is 4.79 Å². The number of benzene rings is 3. The van der Waals surface area contributed by atoms with Crippen LogP contribution in [0.1, 0.15) is 21.5 Å². The zero-order valence-electron chi connectivity index (χ0n) is 16.2. The number of nitrogens with zero attached hydrogens (tertiary/aromatic N) is 1. The maximum absolute atomic E-state index is 13.4. The van der Waals surface area contributed by atoms with E-state index in [1.807, 2.05) is 13.8 Å². The van der Waals surface area contributed by atoms with E-state index in [9.17, 15) is 13.2 Å². The van der Waals surface area contributed by atoms with Crippen LogP contribution in [0.2, 0.25) is 5.02 Å². The topological polar surface area (TPSA) is 63.7 Å². The number of hydrogen-bond acceptors (Lipinski definition) is 4. The number of anilines is 1. The molecule has 3 rings (SSSR count). The van der Waals surface area contributed by atoms with Gasteiger partial charge in [0.15, 0.2) is 0 Å². The van der Waals surface area contributed by atoms with Gasteiger partial charge < -0.3 is 4.74 Å². The van der Waals surface area contributed by atoms with Gasteiger partial charge in [0.2, 0.25) is 0 Å². The van der Waals surface area contributed by atoms with Crippen molar-refractivity contribution >= 4 is 33.2 Å². The highest BCUT2D eigenvalue weighted by molar-refractivity contribution is 7.93. The summed E-state index contributed by atoms with van der Waals surface area (Å²) in [5.74, 6) is -0.294. The van der Waals surface area contributed by atoms with Crippen LogP contribution in [-0.4, -0.2) is 21.4 Å². The largest absolute Gasteiger partial charge is 0.495 e. The lowest BCUT2D eigenvalue weighted by atomic mass is 10.1. The number of carbonyl (C=O) groups is 1. The highest BCUT2D eigenvalue weighted by atomic mass is 35.5. The molecule has 3 aromatic rings. The monoisotopic (exact) mass is 429 g/mol. The molecule has 7 heteroatoms. The van der Waals surface area contributed by atoms with Crippen molar-refractivity contribution in [2.24, 2.45) is 0 Å². The summed E-state index contributed by atoms with van der Waals surface area (Å²) in [6, 6.07) is 17.4. The predicted octanol–water partition coefficient (Wildman–Crippen LogP) is 5.00. The number of halogens is 1. The summed E-state index contributed by atoms with van der Waals surface area (Å²) in [5.41, 5.74) is 2.25. The Morgan fingerprint density at radius 3 is 1.97 bits per heavy atom. The standard InChI is InChI=1S/C22H20ClNO4S/c1-15-4-8-17(9-5-15)22(25)24(18-10-13-21(28-3)20(23)14-18)29(26,27)19-11-6-16(2)7-12-19/h4-14H,1-3H3. The third kappa shape index (κ3) is 4.28. The molecule has 0 heterocycles. The molecule has 3 aromatic carbocycles. The van der Waals surface area contributed by atoms with E-state index in [0.29, 0.717) is 5.75 Å². The molecule has 29 heavy (non-hydrogen) atoms. The molecule has 1 amide bonds. The average Bonchev–Trinajstić information content (AvgIpc) is 2.69. The molecule has 0 N–H and O–H groups in total. The first kappa shape index (κ1) is 20.9. The number of sulfonamides is 1. The molecular formula is C22H20ClNO4S. The van der Waals surface area contributed by atoms with Crippen molar-refractivity contribution in [1.82, 2.24) is 0 Å². The molecule has 0 radical (unpaired) electrons. The molecule has 0 bridgehead atoms. The van der Waals surface area contributed by atoms with Crippen LogP contribution in [0, 0.1) is 13.8 Å². The van der Waals surface area contributed by atoms with Crippen LogP contribution < -0.4 is 9.04 Å². The second-order valence-corrected chi connectivity index (χ2v) is 8.77. The number of aryl methyl sites for hydroxylation is 2. The van der Waals surface area contributed by atoms with E-state index in [1.54, 1.807) is 36.4 Å². The van der Waals surface area contributed by atoms with E-state index in [2.05, 4.69) is 0 Å². The van der Waals surface area contributed by atoms with Gasteiger partial charge in [0.05, 0.1) is 22.7 Å². The Labute approximate surface area is 175 Å². The number of amides is 1. The average molecular weight is 430 g/mol. The van der Waals surface area contributed by atoms with Crippen LogP contribution in [-0.2, 0) is 10.0 Å². The van der Waals surface area contributed by atoms with E-state index in [-0.39, 0.29) is 21.2 Å². The Morgan fingerprint density at radius 1 is 0.897 bits per heavy atom.